The lowest BCUT2D eigenvalue weighted by Crippen LogP contribution is -2.73. The molecule has 2 atom stereocenters. The molecule has 43 heavy (non-hydrogen) atoms. The van der Waals surface area contributed by atoms with E-state index in [1.54, 1.807) is 0 Å². The van der Waals surface area contributed by atoms with Crippen molar-refractivity contribution in [2.45, 2.75) is 51.2 Å². The van der Waals surface area contributed by atoms with Gasteiger partial charge in [-0.25, -0.2) is 14.1 Å². The maximum atomic E-state index is 13.2. The number of oxime groups is 1. The lowest BCUT2D eigenvalue weighted by atomic mass is 9.98. The third kappa shape index (κ3) is 7.49. The first kappa shape index (κ1) is 31.5. The van der Waals surface area contributed by atoms with Crippen LogP contribution in [0.15, 0.2) is 47.1 Å². The van der Waals surface area contributed by atoms with Crippen LogP contribution in [0.4, 0.5) is 5.13 Å². The first-order valence-electron chi connectivity index (χ1n) is 12.6. The minimum absolute atomic E-state index is 0.0677. The van der Waals surface area contributed by atoms with Gasteiger partial charge in [-0.1, -0.05) is 35.5 Å². The molecule has 0 aliphatic carbocycles. The molecule has 19 heteroatoms. The number of thiazole rings is 1. The van der Waals surface area contributed by atoms with Crippen LogP contribution in [0.5, 0.6) is 0 Å². The summed E-state index contributed by atoms with van der Waals surface area (Å²) in [4.78, 5) is 49.6. The number of rotatable bonds is 13. The number of hydrogen-bond donors (Lipinski definition) is 4. The fraction of sp³-hybridized carbons (Fsp3) is 0.375. The van der Waals surface area contributed by atoms with Crippen LogP contribution in [-0.4, -0.2) is 95.5 Å². The second-order valence-corrected chi connectivity index (χ2v) is 12.3. The minimum atomic E-state index is -5.00. The summed E-state index contributed by atoms with van der Waals surface area (Å²) in [5.41, 5.74) is 4.89. The number of hydrogen-bond acceptors (Lipinski definition) is 13. The number of benzene rings is 1. The van der Waals surface area contributed by atoms with Crippen molar-refractivity contribution in [2.24, 2.45) is 5.16 Å². The summed E-state index contributed by atoms with van der Waals surface area (Å²) in [6, 6.07) is 6.98. The minimum Gasteiger partial charge on any atom is -0.478 e. The number of anilines is 1. The Morgan fingerprint density at radius 1 is 1.26 bits per heavy atom. The first-order chi connectivity index (χ1) is 20.2. The number of nitrogens with one attached hydrogen (secondary N) is 1. The summed E-state index contributed by atoms with van der Waals surface area (Å²) < 4.78 is 33.9. The molecule has 1 aromatic carbocycles. The van der Waals surface area contributed by atoms with Gasteiger partial charge in [-0.3, -0.25) is 19.0 Å². The molecule has 0 bridgehead atoms. The highest BCUT2D eigenvalue weighted by Crippen LogP contribution is 2.25. The van der Waals surface area contributed by atoms with Gasteiger partial charge in [0.1, 0.15) is 17.8 Å². The lowest BCUT2D eigenvalue weighted by molar-refractivity contribution is -0.161. The number of carbonyl (C=O) groups is 3. The SMILES string of the molecule is CN(Cc1ccccc1)Cc1cnn(C[C@H]2[C@H](NC(=O)C(=NOC(C)(C)C(=O)O)c3csc(N)n3)C(=O)N2S(=O)(=O)O)n1. The topological polar surface area (TPSA) is 236 Å². The molecule has 0 spiro atoms. The van der Waals surface area contributed by atoms with Gasteiger partial charge in [0, 0.05) is 18.5 Å². The standard InChI is InChI=1S/C24H29N9O8S2/c1-24(2,22(36)37)41-30-18(16-13-42-23(25)27-16)20(34)28-19-17(33(21(19)35)43(38,39)40)12-32-26-9-15(29-32)11-31(3)10-14-7-5-4-6-8-14/h4-9,13,17,19H,10-12H2,1-3H3,(H2,25,27)(H,28,34)(H,36,37)(H,38,39,40)/t17-,19-/m0/s1. The van der Waals surface area contributed by atoms with Crippen LogP contribution in [0, 0.1) is 0 Å². The molecule has 5 N–H and O–H groups in total. The first-order valence-corrected chi connectivity index (χ1v) is 14.9. The number of aromatic nitrogens is 4. The Hall–Kier alpha value is -4.46. The number of carboxylic acids is 1. The summed E-state index contributed by atoms with van der Waals surface area (Å²) >= 11 is 0.965. The van der Waals surface area contributed by atoms with Crippen molar-refractivity contribution in [3.05, 3.63) is 58.9 Å². The number of nitrogens with two attached hydrogens (primary N) is 1. The molecule has 2 amide bonds. The van der Waals surface area contributed by atoms with Gasteiger partial charge < -0.3 is 21.0 Å². The Labute approximate surface area is 249 Å². The van der Waals surface area contributed by atoms with Crippen molar-refractivity contribution in [3.8, 4) is 0 Å². The molecule has 1 saturated heterocycles. The van der Waals surface area contributed by atoms with Gasteiger partial charge >= 0.3 is 16.3 Å². The fourth-order valence-electron chi connectivity index (χ4n) is 4.04. The summed E-state index contributed by atoms with van der Waals surface area (Å²) in [5.74, 6) is -3.54. The van der Waals surface area contributed by atoms with Crippen LogP contribution in [0.3, 0.4) is 0 Å². The molecular formula is C24H29N9O8S2. The molecule has 0 radical (unpaired) electrons. The monoisotopic (exact) mass is 635 g/mol. The van der Waals surface area contributed by atoms with E-state index < -0.39 is 51.5 Å². The van der Waals surface area contributed by atoms with E-state index in [2.05, 4.69) is 25.7 Å². The number of carbonyl (C=O) groups excluding carboxylic acids is 2. The van der Waals surface area contributed by atoms with E-state index in [0.29, 0.717) is 18.8 Å². The van der Waals surface area contributed by atoms with Crippen LogP contribution in [-0.2, 0) is 49.2 Å². The summed E-state index contributed by atoms with van der Waals surface area (Å²) in [6.45, 7) is 3.13. The van der Waals surface area contributed by atoms with Crippen molar-refractivity contribution in [1.29, 1.82) is 0 Å². The lowest BCUT2D eigenvalue weighted by Gasteiger charge is -2.43. The number of nitrogen functional groups attached to an aromatic ring is 1. The number of aliphatic carboxylic acids is 1. The van der Waals surface area contributed by atoms with Gasteiger partial charge in [0.2, 0.25) is 5.60 Å². The van der Waals surface area contributed by atoms with Crippen molar-refractivity contribution < 1.29 is 37.3 Å². The highest BCUT2D eigenvalue weighted by atomic mass is 32.2. The van der Waals surface area contributed by atoms with Crippen molar-refractivity contribution in [3.63, 3.8) is 0 Å². The molecule has 0 saturated carbocycles. The average molecular weight is 636 g/mol. The van der Waals surface area contributed by atoms with E-state index in [1.165, 1.54) is 25.4 Å². The second kappa shape index (κ2) is 12.4. The maximum Gasteiger partial charge on any atom is 0.362 e. The second-order valence-electron chi connectivity index (χ2n) is 10.1. The van der Waals surface area contributed by atoms with Crippen molar-refractivity contribution in [2.75, 3.05) is 12.8 Å². The number of carboxylic acid groups (broad SMARTS) is 1. The Morgan fingerprint density at radius 2 is 1.95 bits per heavy atom. The summed E-state index contributed by atoms with van der Waals surface area (Å²) in [5, 5.41) is 25.2. The Kier molecular flexibility index (Phi) is 9.09. The van der Waals surface area contributed by atoms with Gasteiger partial charge in [0.15, 0.2) is 10.8 Å². The maximum absolute atomic E-state index is 13.2. The summed E-state index contributed by atoms with van der Waals surface area (Å²) in [7, 11) is -3.11. The van der Waals surface area contributed by atoms with Crippen molar-refractivity contribution in [1.82, 2.24) is 34.5 Å². The van der Waals surface area contributed by atoms with E-state index >= 15 is 0 Å². The van der Waals surface area contributed by atoms with Gasteiger partial charge in [-0.15, -0.1) is 11.3 Å². The molecule has 1 fully saturated rings. The van der Waals surface area contributed by atoms with E-state index in [0.717, 1.165) is 21.7 Å². The van der Waals surface area contributed by atoms with E-state index in [4.69, 9.17) is 10.6 Å². The molecule has 230 valence electrons. The normalized spacial score (nSPS) is 17.6. The molecule has 1 aliphatic heterocycles. The third-order valence-corrected chi connectivity index (χ3v) is 7.85. The average Bonchev–Trinajstić information content (AvgIpc) is 3.55. The Balaban J connectivity index is 1.51. The van der Waals surface area contributed by atoms with Gasteiger partial charge in [-0.2, -0.15) is 23.4 Å². The third-order valence-electron chi connectivity index (χ3n) is 6.23. The van der Waals surface area contributed by atoms with Gasteiger partial charge in [0.25, 0.3) is 11.8 Å². The Bertz CT molecular complexity index is 1640. The predicted octanol–water partition coefficient (Wildman–Crippen LogP) is -0.269. The largest absolute Gasteiger partial charge is 0.478 e. The molecule has 4 rings (SSSR count). The number of amides is 2. The van der Waals surface area contributed by atoms with Gasteiger partial charge in [-0.05, 0) is 26.5 Å². The highest BCUT2D eigenvalue weighted by Gasteiger charge is 2.54. The van der Waals surface area contributed by atoms with Crippen LogP contribution in [0.2, 0.25) is 0 Å². The van der Waals surface area contributed by atoms with Crippen LogP contribution < -0.4 is 11.1 Å². The highest BCUT2D eigenvalue weighted by molar-refractivity contribution is 7.84. The molecule has 2 aromatic heterocycles. The van der Waals surface area contributed by atoms with E-state index in [-0.39, 0.29) is 21.7 Å². The van der Waals surface area contributed by atoms with Crippen LogP contribution in [0.1, 0.15) is 30.8 Å². The van der Waals surface area contributed by atoms with Crippen LogP contribution in [0.25, 0.3) is 0 Å². The number of β-lactam (4-membered cyclic amide) rings is 1. The van der Waals surface area contributed by atoms with E-state index in [1.807, 2.05) is 42.3 Å². The van der Waals surface area contributed by atoms with Gasteiger partial charge in [0.05, 0.1) is 18.4 Å². The van der Waals surface area contributed by atoms with E-state index in [9.17, 15) is 32.5 Å². The Morgan fingerprint density at radius 3 is 2.56 bits per heavy atom. The van der Waals surface area contributed by atoms with Crippen molar-refractivity contribution >= 4 is 50.3 Å². The zero-order valence-corrected chi connectivity index (χ0v) is 24.8. The summed E-state index contributed by atoms with van der Waals surface area (Å²) in [6.07, 6.45) is 1.48. The molecule has 0 unspecified atom stereocenters. The molecule has 3 heterocycles. The molecule has 3 aromatic rings. The fourth-order valence-corrected chi connectivity index (χ4v) is 5.46. The quantitative estimate of drug-likeness (QED) is 0.0820. The smallest absolute Gasteiger partial charge is 0.362 e. The molecule has 1 aliphatic rings. The molecule has 17 nitrogen and oxygen atoms in total. The molecular weight excluding hydrogens is 606 g/mol. The zero-order valence-electron chi connectivity index (χ0n) is 23.2. The number of nitrogens with zero attached hydrogens (tertiary/aromatic N) is 7. The zero-order chi connectivity index (χ0) is 31.5. The predicted molar refractivity (Wildman–Crippen MR) is 152 cm³/mol. The van der Waals surface area contributed by atoms with Crippen LogP contribution >= 0.6 is 11.3 Å².